The molecule has 0 radical (unpaired) electrons. The predicted octanol–water partition coefficient (Wildman–Crippen LogP) is 5.86. The van der Waals surface area contributed by atoms with Gasteiger partial charge in [0.1, 0.15) is 7.14 Å². The SMILES string of the molecule is C[Si](C)(C)[C@@H](CP(=O)(c1ccccc1)c1ccccc1)[Si](C)(C)c1ccccc1. The van der Waals surface area contributed by atoms with E-state index < -0.39 is 23.3 Å². The van der Waals surface area contributed by atoms with Gasteiger partial charge < -0.3 is 4.57 Å². The molecule has 3 aromatic carbocycles. The van der Waals surface area contributed by atoms with Crippen molar-refractivity contribution in [1.82, 2.24) is 0 Å². The van der Waals surface area contributed by atoms with Crippen molar-refractivity contribution in [2.75, 3.05) is 6.16 Å². The summed E-state index contributed by atoms with van der Waals surface area (Å²) in [4.78, 5) is 0. The summed E-state index contributed by atoms with van der Waals surface area (Å²) in [6.07, 6.45) is 0.769. The molecule has 0 aliphatic rings. The van der Waals surface area contributed by atoms with Gasteiger partial charge in [-0.15, -0.1) is 0 Å². The summed E-state index contributed by atoms with van der Waals surface area (Å²) in [5, 5.41) is 3.96. The van der Waals surface area contributed by atoms with Crippen LogP contribution < -0.4 is 15.8 Å². The van der Waals surface area contributed by atoms with E-state index in [2.05, 4.69) is 87.3 Å². The smallest absolute Gasteiger partial charge is 0.142 e. The normalized spacial score (nSPS) is 13.8. The molecule has 4 heteroatoms. The van der Waals surface area contributed by atoms with Crippen LogP contribution in [0.15, 0.2) is 91.0 Å². The fourth-order valence-corrected chi connectivity index (χ4v) is 23.3. The number of hydrogen-bond donors (Lipinski definition) is 0. The molecule has 0 heterocycles. The van der Waals surface area contributed by atoms with Crippen LogP contribution in [0.25, 0.3) is 0 Å². The highest BCUT2D eigenvalue weighted by Crippen LogP contribution is 2.50. The van der Waals surface area contributed by atoms with E-state index in [1.165, 1.54) is 5.19 Å². The summed E-state index contributed by atoms with van der Waals surface area (Å²) in [6, 6.07) is 31.3. The summed E-state index contributed by atoms with van der Waals surface area (Å²) >= 11 is 0. The highest BCUT2D eigenvalue weighted by atomic mass is 31.2. The lowest BCUT2D eigenvalue weighted by atomic mass is 10.4. The van der Waals surface area contributed by atoms with Gasteiger partial charge in [0.15, 0.2) is 0 Å². The Morgan fingerprint density at radius 1 is 0.655 bits per heavy atom. The maximum Gasteiger partial charge on any atom is 0.142 e. The van der Waals surface area contributed by atoms with Gasteiger partial charge >= 0.3 is 0 Å². The van der Waals surface area contributed by atoms with E-state index in [-0.39, 0.29) is 0 Å². The van der Waals surface area contributed by atoms with Crippen LogP contribution in [0.2, 0.25) is 37.9 Å². The van der Waals surface area contributed by atoms with Crippen molar-refractivity contribution in [2.24, 2.45) is 0 Å². The predicted molar refractivity (Wildman–Crippen MR) is 135 cm³/mol. The van der Waals surface area contributed by atoms with Crippen molar-refractivity contribution in [3.63, 3.8) is 0 Å². The van der Waals surface area contributed by atoms with E-state index in [4.69, 9.17) is 0 Å². The lowest BCUT2D eigenvalue weighted by Crippen LogP contribution is -2.55. The zero-order valence-corrected chi connectivity index (χ0v) is 21.2. The van der Waals surface area contributed by atoms with Crippen molar-refractivity contribution in [3.05, 3.63) is 91.0 Å². The zero-order chi connectivity index (χ0) is 21.1. The molecule has 0 N–H and O–H groups in total. The molecule has 0 amide bonds. The molecule has 0 fully saturated rings. The molecule has 3 aromatic rings. The second-order valence-electron chi connectivity index (χ2n) is 9.60. The monoisotopic (exact) mass is 436 g/mol. The fraction of sp³-hybridized carbons (Fsp3) is 0.280. The van der Waals surface area contributed by atoms with Gasteiger partial charge in [0, 0.05) is 24.8 Å². The van der Waals surface area contributed by atoms with Crippen LogP contribution in [0.3, 0.4) is 0 Å². The Balaban J connectivity index is 2.14. The first-order valence-electron chi connectivity index (χ1n) is 10.4. The summed E-state index contributed by atoms with van der Waals surface area (Å²) < 4.78 is 14.8. The van der Waals surface area contributed by atoms with Crippen LogP contribution in [-0.2, 0) is 4.57 Å². The van der Waals surface area contributed by atoms with Gasteiger partial charge in [-0.25, -0.2) is 0 Å². The topological polar surface area (TPSA) is 17.1 Å². The first-order chi connectivity index (χ1) is 13.7. The van der Waals surface area contributed by atoms with E-state index in [9.17, 15) is 4.57 Å². The molecular formula is C25H33OPSi2. The number of hydrogen-bond acceptors (Lipinski definition) is 1. The van der Waals surface area contributed by atoms with Crippen molar-refractivity contribution < 1.29 is 4.57 Å². The minimum atomic E-state index is -2.72. The summed E-state index contributed by atoms with van der Waals surface area (Å²) in [5.41, 5.74) is 0. The van der Waals surface area contributed by atoms with Crippen LogP contribution in [0.1, 0.15) is 0 Å². The van der Waals surface area contributed by atoms with E-state index >= 15 is 0 Å². The Morgan fingerprint density at radius 2 is 1.03 bits per heavy atom. The van der Waals surface area contributed by atoms with Gasteiger partial charge in [0.25, 0.3) is 0 Å². The quantitative estimate of drug-likeness (QED) is 0.335. The highest BCUT2D eigenvalue weighted by Gasteiger charge is 2.46. The van der Waals surface area contributed by atoms with E-state index in [0.717, 1.165) is 16.8 Å². The van der Waals surface area contributed by atoms with Crippen LogP contribution in [0.4, 0.5) is 0 Å². The van der Waals surface area contributed by atoms with Crippen molar-refractivity contribution in [3.8, 4) is 0 Å². The molecule has 152 valence electrons. The first-order valence-corrected chi connectivity index (χ1v) is 19.0. The maximum atomic E-state index is 14.8. The molecule has 29 heavy (non-hydrogen) atoms. The van der Waals surface area contributed by atoms with Crippen molar-refractivity contribution in [1.29, 1.82) is 0 Å². The Bertz CT molecular complexity index is 920. The summed E-state index contributed by atoms with van der Waals surface area (Å²) in [7, 11) is -6.15. The molecule has 0 unspecified atom stereocenters. The molecule has 3 rings (SSSR count). The third-order valence-corrected chi connectivity index (χ3v) is 20.9. The Hall–Kier alpha value is -1.68. The van der Waals surface area contributed by atoms with E-state index in [0.29, 0.717) is 5.16 Å². The van der Waals surface area contributed by atoms with Gasteiger partial charge in [0.2, 0.25) is 0 Å². The van der Waals surface area contributed by atoms with Crippen LogP contribution in [0.5, 0.6) is 0 Å². The van der Waals surface area contributed by atoms with Crippen molar-refractivity contribution >= 4 is 39.1 Å². The molecule has 0 aliphatic heterocycles. The lowest BCUT2D eigenvalue weighted by molar-refractivity contribution is 0.587. The second kappa shape index (κ2) is 8.59. The molecule has 0 saturated carbocycles. The second-order valence-corrected chi connectivity index (χ2v) is 23.2. The fourth-order valence-electron chi connectivity index (χ4n) is 4.61. The van der Waals surface area contributed by atoms with Gasteiger partial charge in [-0.1, -0.05) is 129 Å². The summed E-state index contributed by atoms with van der Waals surface area (Å²) in [6.45, 7) is 12.3. The van der Waals surface area contributed by atoms with E-state index in [1.807, 2.05) is 36.4 Å². The molecular weight excluding hydrogens is 403 g/mol. The highest BCUT2D eigenvalue weighted by molar-refractivity contribution is 7.79. The van der Waals surface area contributed by atoms with Crippen LogP contribution in [-0.4, -0.2) is 22.3 Å². The molecule has 1 atom stereocenters. The third-order valence-electron chi connectivity index (χ3n) is 6.22. The molecule has 0 aromatic heterocycles. The summed E-state index contributed by atoms with van der Waals surface area (Å²) in [5.74, 6) is 0. The third kappa shape index (κ3) is 4.74. The van der Waals surface area contributed by atoms with E-state index in [1.54, 1.807) is 0 Å². The largest absolute Gasteiger partial charge is 0.314 e. The van der Waals surface area contributed by atoms with Gasteiger partial charge in [-0.05, 0) is 5.16 Å². The maximum absolute atomic E-state index is 14.8. The average molecular weight is 437 g/mol. The Morgan fingerprint density at radius 3 is 1.41 bits per heavy atom. The van der Waals surface area contributed by atoms with Crippen LogP contribution in [0, 0.1) is 0 Å². The standard InChI is InChI=1S/C25H33OPSi2/c1-28(2,3)25(29(4,5)24-19-13-8-14-20-24)21-27(26,22-15-9-6-10-16-22)23-17-11-7-12-18-23/h6-20,25H,21H2,1-5H3/t25-/m1/s1. The Kier molecular flexibility index (Phi) is 6.52. The van der Waals surface area contributed by atoms with Gasteiger partial charge in [-0.2, -0.15) is 0 Å². The van der Waals surface area contributed by atoms with Crippen LogP contribution >= 0.6 is 7.14 Å². The van der Waals surface area contributed by atoms with Crippen molar-refractivity contribution in [2.45, 2.75) is 37.9 Å². The minimum Gasteiger partial charge on any atom is -0.314 e. The molecule has 0 bridgehead atoms. The zero-order valence-electron chi connectivity index (χ0n) is 18.3. The number of benzene rings is 3. The van der Waals surface area contributed by atoms with Gasteiger partial charge in [0.05, 0.1) is 8.07 Å². The number of rotatable bonds is 7. The van der Waals surface area contributed by atoms with Gasteiger partial charge in [-0.3, -0.25) is 0 Å². The molecule has 0 aliphatic carbocycles. The molecule has 0 saturated heterocycles. The Labute approximate surface area is 178 Å². The minimum absolute atomic E-state index is 0.503. The molecule has 1 nitrogen and oxygen atoms in total. The molecule has 0 spiro atoms. The lowest BCUT2D eigenvalue weighted by Gasteiger charge is -2.43. The average Bonchev–Trinajstić information content (AvgIpc) is 2.73. The first kappa shape index (κ1) is 22.0.